The number of aromatic nitrogens is 1. The summed E-state index contributed by atoms with van der Waals surface area (Å²) in [4.78, 5) is 6.11. The lowest BCUT2D eigenvalue weighted by Gasteiger charge is -2.31. The lowest BCUT2D eigenvalue weighted by Crippen LogP contribution is -2.37. The van der Waals surface area contributed by atoms with Crippen LogP contribution >= 0.6 is 23.2 Å². The minimum absolute atomic E-state index is 0.0202. The van der Waals surface area contributed by atoms with Crippen LogP contribution in [-0.4, -0.2) is 39.7 Å². The number of rotatable bonds is 3. The maximum atomic E-state index is 13.7. The third kappa shape index (κ3) is 3.55. The standard InChI is InChI=1S/C19H15Cl2FN2O3S/c20-12-7-13(21)9-15(8-12)28(25,26)18-11-23-17-10-14(22)1-2-16(17)19(18)24-3-5-27-6-4-24/h1-2,7-11H,3-6H2. The molecule has 5 nitrogen and oxygen atoms in total. The molecule has 9 heteroatoms. The van der Waals surface area contributed by atoms with Crippen LogP contribution in [0.15, 0.2) is 52.4 Å². The molecule has 0 radical (unpaired) electrons. The van der Waals surface area contributed by atoms with Crippen LogP contribution in [0, 0.1) is 5.82 Å². The third-order valence-corrected chi connectivity index (χ3v) is 6.70. The van der Waals surface area contributed by atoms with Gasteiger partial charge in [-0.2, -0.15) is 0 Å². The van der Waals surface area contributed by atoms with E-state index in [4.69, 9.17) is 27.9 Å². The first-order valence-electron chi connectivity index (χ1n) is 8.48. The first-order chi connectivity index (χ1) is 13.4. The minimum Gasteiger partial charge on any atom is -0.378 e. The Morgan fingerprint density at radius 2 is 1.71 bits per heavy atom. The molecule has 0 spiro atoms. The van der Waals surface area contributed by atoms with Gasteiger partial charge in [-0.05, 0) is 30.3 Å². The molecule has 3 aromatic rings. The molecule has 0 unspecified atom stereocenters. The topological polar surface area (TPSA) is 59.5 Å². The van der Waals surface area contributed by atoms with Gasteiger partial charge in [0.05, 0.1) is 29.3 Å². The van der Waals surface area contributed by atoms with Gasteiger partial charge < -0.3 is 9.64 Å². The van der Waals surface area contributed by atoms with E-state index in [1.54, 1.807) is 6.07 Å². The molecule has 1 fully saturated rings. The molecule has 0 saturated carbocycles. The zero-order chi connectivity index (χ0) is 19.9. The van der Waals surface area contributed by atoms with Gasteiger partial charge >= 0.3 is 0 Å². The van der Waals surface area contributed by atoms with Crippen LogP contribution < -0.4 is 4.90 Å². The van der Waals surface area contributed by atoms with E-state index in [0.717, 1.165) is 0 Å². The highest BCUT2D eigenvalue weighted by molar-refractivity contribution is 7.91. The van der Waals surface area contributed by atoms with Crippen molar-refractivity contribution in [3.8, 4) is 0 Å². The molecule has 0 bridgehead atoms. The normalized spacial score (nSPS) is 15.2. The van der Waals surface area contributed by atoms with E-state index >= 15 is 0 Å². The van der Waals surface area contributed by atoms with Crippen molar-refractivity contribution < 1.29 is 17.5 Å². The van der Waals surface area contributed by atoms with Crippen molar-refractivity contribution in [3.63, 3.8) is 0 Å². The fourth-order valence-corrected chi connectivity index (χ4v) is 5.41. The summed E-state index contributed by atoms with van der Waals surface area (Å²) in [6.45, 7) is 1.95. The Balaban J connectivity index is 1.98. The number of morpholine rings is 1. The highest BCUT2D eigenvalue weighted by Crippen LogP contribution is 2.37. The summed E-state index contributed by atoms with van der Waals surface area (Å²) in [5.41, 5.74) is 0.856. The fourth-order valence-electron chi connectivity index (χ4n) is 3.25. The zero-order valence-corrected chi connectivity index (χ0v) is 16.9. The average molecular weight is 441 g/mol. The Morgan fingerprint density at radius 3 is 2.39 bits per heavy atom. The average Bonchev–Trinajstić information content (AvgIpc) is 2.66. The van der Waals surface area contributed by atoms with E-state index in [0.29, 0.717) is 42.9 Å². The summed E-state index contributed by atoms with van der Waals surface area (Å²) in [7, 11) is -3.97. The van der Waals surface area contributed by atoms with Crippen molar-refractivity contribution >= 4 is 49.6 Å². The van der Waals surface area contributed by atoms with Gasteiger partial charge in [-0.1, -0.05) is 23.2 Å². The van der Waals surface area contributed by atoms with Crippen molar-refractivity contribution in [1.29, 1.82) is 0 Å². The van der Waals surface area contributed by atoms with Crippen molar-refractivity contribution in [1.82, 2.24) is 4.98 Å². The first-order valence-corrected chi connectivity index (χ1v) is 10.7. The molecule has 1 aliphatic rings. The maximum Gasteiger partial charge on any atom is 0.210 e. The number of benzene rings is 2. The number of halogens is 3. The van der Waals surface area contributed by atoms with Gasteiger partial charge in [0, 0.05) is 40.8 Å². The Hall–Kier alpha value is -1.93. The van der Waals surface area contributed by atoms with E-state index in [9.17, 15) is 12.8 Å². The van der Waals surface area contributed by atoms with E-state index in [1.807, 2.05) is 4.90 Å². The monoisotopic (exact) mass is 440 g/mol. The minimum atomic E-state index is -3.97. The van der Waals surface area contributed by atoms with Gasteiger partial charge in [-0.3, -0.25) is 4.98 Å². The molecule has 146 valence electrons. The highest BCUT2D eigenvalue weighted by atomic mass is 35.5. The smallest absolute Gasteiger partial charge is 0.210 e. The van der Waals surface area contributed by atoms with Crippen LogP contribution in [0.25, 0.3) is 10.9 Å². The van der Waals surface area contributed by atoms with Crippen LogP contribution in [0.5, 0.6) is 0 Å². The Kier molecular flexibility index (Phi) is 5.18. The maximum absolute atomic E-state index is 13.7. The van der Waals surface area contributed by atoms with E-state index in [-0.39, 0.29) is 19.8 Å². The van der Waals surface area contributed by atoms with Gasteiger partial charge in [-0.25, -0.2) is 12.8 Å². The molecule has 1 aliphatic heterocycles. The molecular weight excluding hydrogens is 426 g/mol. The number of fused-ring (bicyclic) bond motifs is 1. The molecule has 4 rings (SSSR count). The van der Waals surface area contributed by atoms with Crippen molar-refractivity contribution in [2.24, 2.45) is 0 Å². The second kappa shape index (κ2) is 7.48. The van der Waals surface area contributed by atoms with Crippen LogP contribution in [-0.2, 0) is 14.6 Å². The molecule has 0 atom stereocenters. The Bertz CT molecular complexity index is 1150. The summed E-state index contributed by atoms with van der Waals surface area (Å²) in [5.74, 6) is -0.440. The number of pyridine rings is 1. The zero-order valence-electron chi connectivity index (χ0n) is 14.5. The molecule has 28 heavy (non-hydrogen) atoms. The number of ether oxygens (including phenoxy) is 1. The SMILES string of the molecule is O=S(=O)(c1cc(Cl)cc(Cl)c1)c1cnc2cc(F)ccc2c1N1CCOCC1. The predicted octanol–water partition coefficient (Wildman–Crippen LogP) is 4.35. The number of sulfone groups is 1. The number of hydrogen-bond donors (Lipinski definition) is 0. The summed E-state index contributed by atoms with van der Waals surface area (Å²) in [5, 5.41) is 0.988. The van der Waals surface area contributed by atoms with Gasteiger partial charge in [0.15, 0.2) is 0 Å². The Labute approximate surface area is 171 Å². The Morgan fingerprint density at radius 1 is 1.04 bits per heavy atom. The lowest BCUT2D eigenvalue weighted by molar-refractivity contribution is 0.122. The number of nitrogens with zero attached hydrogens (tertiary/aromatic N) is 2. The van der Waals surface area contributed by atoms with Gasteiger partial charge in [-0.15, -0.1) is 0 Å². The molecule has 0 amide bonds. The molecule has 1 saturated heterocycles. The van der Waals surface area contributed by atoms with Crippen molar-refractivity contribution in [3.05, 3.63) is 58.5 Å². The fraction of sp³-hybridized carbons (Fsp3) is 0.211. The van der Waals surface area contributed by atoms with Crippen LogP contribution in [0.4, 0.5) is 10.1 Å². The second-order valence-electron chi connectivity index (χ2n) is 6.34. The summed E-state index contributed by atoms with van der Waals surface area (Å²) >= 11 is 12.0. The summed E-state index contributed by atoms with van der Waals surface area (Å²) in [6, 6.07) is 8.28. The number of hydrogen-bond acceptors (Lipinski definition) is 5. The molecule has 0 aliphatic carbocycles. The van der Waals surface area contributed by atoms with Gasteiger partial charge in [0.25, 0.3) is 0 Å². The molecule has 1 aromatic heterocycles. The van der Waals surface area contributed by atoms with Gasteiger partial charge in [0.2, 0.25) is 9.84 Å². The first kappa shape index (κ1) is 19.4. The number of anilines is 1. The van der Waals surface area contributed by atoms with Crippen LogP contribution in [0.3, 0.4) is 0 Å². The van der Waals surface area contributed by atoms with Crippen molar-refractivity contribution in [2.75, 3.05) is 31.2 Å². The third-order valence-electron chi connectivity index (χ3n) is 4.53. The second-order valence-corrected chi connectivity index (χ2v) is 9.13. The van der Waals surface area contributed by atoms with E-state index in [2.05, 4.69) is 4.98 Å². The molecule has 2 heterocycles. The van der Waals surface area contributed by atoms with Crippen molar-refractivity contribution in [2.45, 2.75) is 9.79 Å². The summed E-state index contributed by atoms with van der Waals surface area (Å²) < 4.78 is 45.9. The van der Waals surface area contributed by atoms with Gasteiger partial charge in [0.1, 0.15) is 10.7 Å². The molecule has 0 N–H and O–H groups in total. The highest BCUT2D eigenvalue weighted by Gasteiger charge is 2.28. The molecular formula is C19H15Cl2FN2O3S. The molecule has 2 aromatic carbocycles. The van der Waals surface area contributed by atoms with E-state index in [1.165, 1.54) is 36.5 Å². The largest absolute Gasteiger partial charge is 0.378 e. The quantitative estimate of drug-likeness (QED) is 0.605. The van der Waals surface area contributed by atoms with Crippen LogP contribution in [0.1, 0.15) is 0 Å². The van der Waals surface area contributed by atoms with Crippen LogP contribution in [0.2, 0.25) is 10.0 Å². The lowest BCUT2D eigenvalue weighted by atomic mass is 10.1. The predicted molar refractivity (Wildman–Crippen MR) is 107 cm³/mol. The summed E-state index contributed by atoms with van der Waals surface area (Å²) in [6.07, 6.45) is 1.26. The van der Waals surface area contributed by atoms with E-state index < -0.39 is 15.7 Å².